The van der Waals surface area contributed by atoms with Gasteiger partial charge in [-0.05, 0) is 31.0 Å². The van der Waals surface area contributed by atoms with Crippen LogP contribution in [0.4, 0.5) is 0 Å². The van der Waals surface area contributed by atoms with Gasteiger partial charge in [0, 0.05) is 11.0 Å². The van der Waals surface area contributed by atoms with Crippen molar-refractivity contribution in [3.05, 3.63) is 64.7 Å². The fourth-order valence-electron chi connectivity index (χ4n) is 2.58. The molecule has 0 unspecified atom stereocenters. The Labute approximate surface area is 109 Å². The van der Waals surface area contributed by atoms with Crippen LogP contribution in [0.1, 0.15) is 36.1 Å². The van der Waals surface area contributed by atoms with E-state index in [2.05, 4.69) is 45.0 Å². The third-order valence-electron chi connectivity index (χ3n) is 3.65. The van der Waals surface area contributed by atoms with Gasteiger partial charge in [-0.25, -0.2) is 0 Å². The number of phenols is 1. The molecular weight excluding hydrogens is 220 g/mol. The van der Waals surface area contributed by atoms with Crippen molar-refractivity contribution in [3.63, 3.8) is 0 Å². The molecule has 1 nitrogen and oxygen atoms in total. The molecule has 2 rings (SSSR count). The third kappa shape index (κ3) is 2.13. The van der Waals surface area contributed by atoms with Crippen LogP contribution in [0.2, 0.25) is 0 Å². The number of hydrogen-bond donors (Lipinski definition) is 1. The Morgan fingerprint density at radius 2 is 1.50 bits per heavy atom. The van der Waals surface area contributed by atoms with Gasteiger partial charge in [0.1, 0.15) is 5.75 Å². The van der Waals surface area contributed by atoms with E-state index < -0.39 is 0 Å². The summed E-state index contributed by atoms with van der Waals surface area (Å²) >= 11 is 0. The number of aryl methyl sites for hydroxylation is 2. The summed E-state index contributed by atoms with van der Waals surface area (Å²) in [5.74, 6) is 0.376. The quantitative estimate of drug-likeness (QED) is 0.828. The predicted molar refractivity (Wildman–Crippen MR) is 76.2 cm³/mol. The van der Waals surface area contributed by atoms with Crippen molar-refractivity contribution >= 4 is 0 Å². The molecule has 0 bridgehead atoms. The average molecular weight is 240 g/mol. The van der Waals surface area contributed by atoms with Crippen LogP contribution in [0.3, 0.4) is 0 Å². The molecule has 0 fully saturated rings. The van der Waals surface area contributed by atoms with E-state index in [1.165, 1.54) is 11.1 Å². The van der Waals surface area contributed by atoms with Gasteiger partial charge in [-0.1, -0.05) is 55.8 Å². The Hall–Kier alpha value is -1.76. The van der Waals surface area contributed by atoms with E-state index in [-0.39, 0.29) is 5.41 Å². The predicted octanol–water partition coefficient (Wildman–Crippen LogP) is 4.33. The molecular formula is C17H20O. The first-order chi connectivity index (χ1) is 8.43. The molecule has 1 heteroatoms. The highest BCUT2D eigenvalue weighted by molar-refractivity contribution is 5.49. The molecule has 0 aliphatic heterocycles. The third-order valence-corrected chi connectivity index (χ3v) is 3.65. The van der Waals surface area contributed by atoms with Crippen LogP contribution in [0.15, 0.2) is 42.5 Å². The van der Waals surface area contributed by atoms with Gasteiger partial charge in [-0.3, -0.25) is 0 Å². The van der Waals surface area contributed by atoms with E-state index in [0.29, 0.717) is 5.75 Å². The maximum Gasteiger partial charge on any atom is 0.119 e. The highest BCUT2D eigenvalue weighted by Gasteiger charge is 2.27. The summed E-state index contributed by atoms with van der Waals surface area (Å²) < 4.78 is 0. The number of aromatic hydroxyl groups is 1. The molecule has 1 N–H and O–H groups in total. The van der Waals surface area contributed by atoms with Gasteiger partial charge < -0.3 is 5.11 Å². The lowest BCUT2D eigenvalue weighted by atomic mass is 9.75. The number of phenolic OH excluding ortho intramolecular Hbond substituents is 1. The Kier molecular flexibility index (Phi) is 3.16. The molecule has 2 aromatic rings. The van der Waals surface area contributed by atoms with E-state index in [9.17, 15) is 5.11 Å². The first kappa shape index (κ1) is 12.7. The van der Waals surface area contributed by atoms with E-state index in [1.54, 1.807) is 6.07 Å². The topological polar surface area (TPSA) is 20.2 Å². The van der Waals surface area contributed by atoms with Crippen LogP contribution in [-0.4, -0.2) is 5.11 Å². The van der Waals surface area contributed by atoms with Gasteiger partial charge in [0.25, 0.3) is 0 Å². The average Bonchev–Trinajstić information content (AvgIpc) is 2.29. The Morgan fingerprint density at radius 3 is 2.06 bits per heavy atom. The van der Waals surface area contributed by atoms with Gasteiger partial charge >= 0.3 is 0 Å². The van der Waals surface area contributed by atoms with E-state index in [1.807, 2.05) is 19.1 Å². The van der Waals surface area contributed by atoms with Crippen molar-refractivity contribution in [3.8, 4) is 5.75 Å². The zero-order chi connectivity index (χ0) is 13.3. The highest BCUT2D eigenvalue weighted by Crippen LogP contribution is 2.38. The number of hydrogen-bond acceptors (Lipinski definition) is 1. The molecule has 2 aromatic carbocycles. The van der Waals surface area contributed by atoms with Crippen LogP contribution in [0.5, 0.6) is 5.75 Å². The standard InChI is InChI=1S/C17H20O/c1-12-8-10-14(11-9-12)17(3,4)16-13(2)6-5-7-15(16)18/h5-11,18H,1-4H3. The highest BCUT2D eigenvalue weighted by atomic mass is 16.3. The summed E-state index contributed by atoms with van der Waals surface area (Å²) in [6.45, 7) is 8.44. The molecule has 0 heterocycles. The van der Waals surface area contributed by atoms with Crippen molar-refractivity contribution in [2.45, 2.75) is 33.1 Å². The zero-order valence-electron chi connectivity index (χ0n) is 11.5. The number of rotatable bonds is 2. The molecule has 0 aliphatic carbocycles. The maximum absolute atomic E-state index is 10.1. The van der Waals surface area contributed by atoms with Gasteiger partial charge in [0.15, 0.2) is 0 Å². The molecule has 0 aliphatic rings. The van der Waals surface area contributed by atoms with Crippen LogP contribution in [0, 0.1) is 13.8 Å². The van der Waals surface area contributed by atoms with Crippen LogP contribution >= 0.6 is 0 Å². The Morgan fingerprint density at radius 1 is 0.889 bits per heavy atom. The van der Waals surface area contributed by atoms with Crippen molar-refractivity contribution in [1.29, 1.82) is 0 Å². The number of benzene rings is 2. The summed E-state index contributed by atoms with van der Waals surface area (Å²) in [7, 11) is 0. The second-order valence-corrected chi connectivity index (χ2v) is 5.46. The SMILES string of the molecule is Cc1ccc(C(C)(C)c2c(C)cccc2O)cc1. The first-order valence-electron chi connectivity index (χ1n) is 6.29. The molecule has 0 saturated carbocycles. The van der Waals surface area contributed by atoms with Crippen LogP contribution in [0.25, 0.3) is 0 Å². The minimum absolute atomic E-state index is 0.191. The summed E-state index contributed by atoms with van der Waals surface area (Å²) in [4.78, 5) is 0. The molecule has 18 heavy (non-hydrogen) atoms. The minimum atomic E-state index is -0.191. The van der Waals surface area contributed by atoms with Gasteiger partial charge in [0.05, 0.1) is 0 Å². The lowest BCUT2D eigenvalue weighted by molar-refractivity contribution is 0.452. The van der Waals surface area contributed by atoms with Crippen molar-refractivity contribution in [2.75, 3.05) is 0 Å². The van der Waals surface area contributed by atoms with Gasteiger partial charge in [-0.2, -0.15) is 0 Å². The Bertz CT molecular complexity index is 530. The summed E-state index contributed by atoms with van der Waals surface area (Å²) in [5.41, 5.74) is 4.42. The fraction of sp³-hybridized carbons (Fsp3) is 0.294. The zero-order valence-corrected chi connectivity index (χ0v) is 11.5. The van der Waals surface area contributed by atoms with Crippen molar-refractivity contribution in [2.24, 2.45) is 0 Å². The van der Waals surface area contributed by atoms with Crippen LogP contribution < -0.4 is 0 Å². The molecule has 0 spiro atoms. The molecule has 0 aromatic heterocycles. The minimum Gasteiger partial charge on any atom is -0.508 e. The molecule has 0 saturated heterocycles. The van der Waals surface area contributed by atoms with Gasteiger partial charge in [0.2, 0.25) is 0 Å². The van der Waals surface area contributed by atoms with Crippen molar-refractivity contribution < 1.29 is 5.11 Å². The fourth-order valence-corrected chi connectivity index (χ4v) is 2.58. The normalized spacial score (nSPS) is 11.6. The van der Waals surface area contributed by atoms with Crippen molar-refractivity contribution in [1.82, 2.24) is 0 Å². The largest absolute Gasteiger partial charge is 0.508 e. The van der Waals surface area contributed by atoms with E-state index in [4.69, 9.17) is 0 Å². The molecule has 0 atom stereocenters. The summed E-state index contributed by atoms with van der Waals surface area (Å²) in [6, 6.07) is 14.2. The lowest BCUT2D eigenvalue weighted by Gasteiger charge is -2.28. The summed E-state index contributed by atoms with van der Waals surface area (Å²) in [5, 5.41) is 10.1. The monoisotopic (exact) mass is 240 g/mol. The Balaban J connectivity index is 2.57. The molecule has 94 valence electrons. The van der Waals surface area contributed by atoms with Gasteiger partial charge in [-0.15, -0.1) is 0 Å². The molecule has 0 amide bonds. The van der Waals surface area contributed by atoms with E-state index >= 15 is 0 Å². The second-order valence-electron chi connectivity index (χ2n) is 5.46. The smallest absolute Gasteiger partial charge is 0.119 e. The first-order valence-corrected chi connectivity index (χ1v) is 6.29. The maximum atomic E-state index is 10.1. The second kappa shape index (κ2) is 4.49. The lowest BCUT2D eigenvalue weighted by Crippen LogP contribution is -2.20. The van der Waals surface area contributed by atoms with Crippen LogP contribution in [-0.2, 0) is 5.41 Å². The summed E-state index contributed by atoms with van der Waals surface area (Å²) in [6.07, 6.45) is 0. The molecule has 0 radical (unpaired) electrons. The van der Waals surface area contributed by atoms with E-state index in [0.717, 1.165) is 11.1 Å².